The fraction of sp³-hybridized carbons (Fsp3) is 0.316. The number of aliphatic hydroxyl groups excluding tert-OH is 1. The maximum absolute atomic E-state index is 11.7. The van der Waals surface area contributed by atoms with Crippen molar-refractivity contribution in [3.63, 3.8) is 0 Å². The van der Waals surface area contributed by atoms with Gasteiger partial charge in [0, 0.05) is 30.3 Å². The molecule has 1 aliphatic rings. The highest BCUT2D eigenvalue weighted by atomic mass is 16.6. The molecule has 0 saturated heterocycles. The van der Waals surface area contributed by atoms with Gasteiger partial charge in [-0.05, 0) is 24.3 Å². The number of nitrogens with zero attached hydrogens (tertiary/aromatic N) is 2. The molecule has 0 spiro atoms. The first kappa shape index (κ1) is 19.4. The van der Waals surface area contributed by atoms with E-state index in [1.165, 1.54) is 39.5 Å². The summed E-state index contributed by atoms with van der Waals surface area (Å²) in [5.41, 5.74) is 1.40. The molecule has 1 N–H and O–H groups in total. The number of anilines is 1. The van der Waals surface area contributed by atoms with Gasteiger partial charge in [0.1, 0.15) is 23.3 Å². The lowest BCUT2D eigenvalue weighted by atomic mass is 9.94. The number of ether oxygens (including phenoxy) is 3. The van der Waals surface area contributed by atoms with E-state index in [0.717, 1.165) is 0 Å². The fourth-order valence-corrected chi connectivity index (χ4v) is 3.44. The molecule has 1 heterocycles. The molecular weight excluding hydrogens is 368 g/mol. The van der Waals surface area contributed by atoms with Gasteiger partial charge in [-0.25, -0.2) is 4.79 Å². The van der Waals surface area contributed by atoms with E-state index in [9.17, 15) is 20.0 Å². The molecule has 0 unspecified atom stereocenters. The number of methoxy groups -OCH3 is 3. The molecule has 2 aromatic rings. The normalized spacial score (nSPS) is 15.6. The molecule has 0 aliphatic carbocycles. The lowest BCUT2D eigenvalue weighted by Gasteiger charge is -2.35. The molecular formula is C19H20N2O7. The Morgan fingerprint density at radius 2 is 1.86 bits per heavy atom. The zero-order valence-electron chi connectivity index (χ0n) is 15.7. The second-order valence-corrected chi connectivity index (χ2v) is 6.21. The molecule has 1 aliphatic heterocycles. The van der Waals surface area contributed by atoms with Crippen molar-refractivity contribution in [3.05, 3.63) is 57.1 Å². The second kappa shape index (κ2) is 7.73. The molecule has 9 heteroatoms. The van der Waals surface area contributed by atoms with E-state index in [2.05, 4.69) is 4.74 Å². The van der Waals surface area contributed by atoms with Crippen LogP contribution in [-0.2, 0) is 11.3 Å². The van der Waals surface area contributed by atoms with Crippen molar-refractivity contribution in [2.45, 2.75) is 12.6 Å². The Balaban J connectivity index is 2.08. The maximum atomic E-state index is 11.7. The molecule has 148 valence electrons. The van der Waals surface area contributed by atoms with Crippen LogP contribution in [0, 0.1) is 10.1 Å². The first-order valence-electron chi connectivity index (χ1n) is 8.44. The average molecular weight is 388 g/mol. The van der Waals surface area contributed by atoms with Crippen LogP contribution >= 0.6 is 0 Å². The van der Waals surface area contributed by atoms with Gasteiger partial charge in [0.05, 0.1) is 31.8 Å². The summed E-state index contributed by atoms with van der Waals surface area (Å²) in [5.74, 6) is 0.414. The van der Waals surface area contributed by atoms with Gasteiger partial charge in [0.2, 0.25) is 0 Å². The number of benzene rings is 2. The molecule has 0 radical (unpaired) electrons. The average Bonchev–Trinajstić information content (AvgIpc) is 2.71. The van der Waals surface area contributed by atoms with Crippen LogP contribution in [0.2, 0.25) is 0 Å². The molecule has 9 nitrogen and oxygen atoms in total. The van der Waals surface area contributed by atoms with Gasteiger partial charge in [-0.1, -0.05) is 0 Å². The Morgan fingerprint density at radius 3 is 2.46 bits per heavy atom. The number of carbonyl (C=O) groups excluding carboxylic acids is 1. The summed E-state index contributed by atoms with van der Waals surface area (Å²) in [6.45, 7) is 0.389. The highest BCUT2D eigenvalue weighted by Crippen LogP contribution is 2.42. The van der Waals surface area contributed by atoms with Crippen LogP contribution < -0.4 is 14.4 Å². The number of hydrogen-bond acceptors (Lipinski definition) is 8. The van der Waals surface area contributed by atoms with Gasteiger partial charge in [-0.3, -0.25) is 10.1 Å². The number of hydrogen-bond donors (Lipinski definition) is 1. The Morgan fingerprint density at radius 1 is 1.18 bits per heavy atom. The minimum atomic E-state index is -0.936. The van der Waals surface area contributed by atoms with Gasteiger partial charge in [0.15, 0.2) is 0 Å². The molecule has 0 aromatic heterocycles. The number of β-amino-alcohol motifs (C(OH)–C–C–N with tert-alkyl or cyclic N) is 1. The van der Waals surface area contributed by atoms with Gasteiger partial charge >= 0.3 is 5.97 Å². The van der Waals surface area contributed by atoms with Gasteiger partial charge < -0.3 is 24.2 Å². The SMILES string of the molecule is COC(=O)c1ccc(N2Cc3c(OC)ccc(OC)c3[C@H](O)C2)c([N+](=O)[O-])c1. The van der Waals surface area contributed by atoms with E-state index >= 15 is 0 Å². The van der Waals surface area contributed by atoms with Crippen molar-refractivity contribution in [1.29, 1.82) is 0 Å². The Labute approximate surface area is 161 Å². The van der Waals surface area contributed by atoms with Crippen LogP contribution in [0.15, 0.2) is 30.3 Å². The van der Waals surface area contributed by atoms with Crippen molar-refractivity contribution in [1.82, 2.24) is 0 Å². The maximum Gasteiger partial charge on any atom is 0.338 e. The minimum absolute atomic E-state index is 0.0788. The van der Waals surface area contributed by atoms with E-state index in [1.807, 2.05) is 0 Å². The zero-order valence-corrected chi connectivity index (χ0v) is 15.7. The molecule has 2 aromatic carbocycles. The van der Waals surface area contributed by atoms with E-state index < -0.39 is 17.0 Å². The van der Waals surface area contributed by atoms with Crippen molar-refractivity contribution in [2.24, 2.45) is 0 Å². The van der Waals surface area contributed by atoms with Crippen LogP contribution in [0.3, 0.4) is 0 Å². The first-order valence-corrected chi connectivity index (χ1v) is 8.44. The summed E-state index contributed by atoms with van der Waals surface area (Å²) in [4.78, 5) is 24.4. The predicted octanol–water partition coefficient (Wildman–Crippen LogP) is 2.45. The van der Waals surface area contributed by atoms with E-state index in [0.29, 0.717) is 22.6 Å². The van der Waals surface area contributed by atoms with Crippen molar-refractivity contribution < 1.29 is 29.0 Å². The van der Waals surface area contributed by atoms with Crippen molar-refractivity contribution >= 4 is 17.3 Å². The van der Waals surface area contributed by atoms with Crippen molar-refractivity contribution in [3.8, 4) is 11.5 Å². The summed E-state index contributed by atoms with van der Waals surface area (Å²) in [5, 5.41) is 22.3. The molecule has 0 fully saturated rings. The highest BCUT2D eigenvalue weighted by Gasteiger charge is 2.32. The van der Waals surface area contributed by atoms with Crippen molar-refractivity contribution in [2.75, 3.05) is 32.8 Å². The number of nitro benzene ring substituents is 1. The quantitative estimate of drug-likeness (QED) is 0.472. The third-order valence-electron chi connectivity index (χ3n) is 4.72. The van der Waals surface area contributed by atoms with Crippen LogP contribution in [-0.4, -0.2) is 43.9 Å². The van der Waals surface area contributed by atoms with Gasteiger partial charge in [-0.15, -0.1) is 0 Å². The Hall–Kier alpha value is -3.33. The second-order valence-electron chi connectivity index (χ2n) is 6.21. The van der Waals surface area contributed by atoms with E-state index in [4.69, 9.17) is 9.47 Å². The van der Waals surface area contributed by atoms with Crippen LogP contribution in [0.25, 0.3) is 0 Å². The molecule has 3 rings (SSSR count). The summed E-state index contributed by atoms with van der Waals surface area (Å²) >= 11 is 0. The predicted molar refractivity (Wildman–Crippen MR) is 100.0 cm³/mol. The Kier molecular flexibility index (Phi) is 5.36. The number of aliphatic hydroxyl groups is 1. The highest BCUT2D eigenvalue weighted by molar-refractivity contribution is 5.91. The molecule has 0 saturated carbocycles. The van der Waals surface area contributed by atoms with Gasteiger partial charge in [-0.2, -0.15) is 0 Å². The molecule has 1 atom stereocenters. The topological polar surface area (TPSA) is 111 Å². The fourth-order valence-electron chi connectivity index (χ4n) is 3.44. The smallest absolute Gasteiger partial charge is 0.338 e. The van der Waals surface area contributed by atoms with Crippen LogP contribution in [0.1, 0.15) is 27.6 Å². The lowest BCUT2D eigenvalue weighted by molar-refractivity contribution is -0.384. The third-order valence-corrected chi connectivity index (χ3v) is 4.72. The molecule has 0 amide bonds. The summed E-state index contributed by atoms with van der Waals surface area (Å²) in [6.07, 6.45) is -0.936. The van der Waals surface area contributed by atoms with Gasteiger partial charge in [0.25, 0.3) is 5.69 Å². The summed E-state index contributed by atoms with van der Waals surface area (Å²) in [7, 11) is 4.23. The van der Waals surface area contributed by atoms with Crippen LogP contribution in [0.4, 0.5) is 11.4 Å². The minimum Gasteiger partial charge on any atom is -0.496 e. The number of rotatable bonds is 5. The van der Waals surface area contributed by atoms with E-state index in [-0.39, 0.29) is 30.0 Å². The number of carbonyl (C=O) groups is 1. The van der Waals surface area contributed by atoms with E-state index in [1.54, 1.807) is 17.0 Å². The third kappa shape index (κ3) is 3.31. The summed E-state index contributed by atoms with van der Waals surface area (Å²) < 4.78 is 15.4. The summed E-state index contributed by atoms with van der Waals surface area (Å²) in [6, 6.07) is 7.55. The standard InChI is InChI=1S/C19H20N2O7/c1-26-16-6-7-17(27-2)18-12(16)9-20(10-15(18)22)13-5-4-11(19(23)28-3)8-14(13)21(24)25/h4-8,15,22H,9-10H2,1-3H3/t15-/m1/s1. The number of esters is 1. The number of fused-ring (bicyclic) bond motifs is 1. The molecule has 28 heavy (non-hydrogen) atoms. The van der Waals surface area contributed by atoms with Crippen LogP contribution in [0.5, 0.6) is 11.5 Å². The zero-order chi connectivity index (χ0) is 20.4. The molecule has 0 bridgehead atoms. The lowest BCUT2D eigenvalue weighted by Crippen LogP contribution is -2.34. The number of nitro groups is 1. The first-order chi connectivity index (χ1) is 13.4. The largest absolute Gasteiger partial charge is 0.496 e. The Bertz CT molecular complexity index is 929. The monoisotopic (exact) mass is 388 g/mol.